The molecule has 0 aromatic heterocycles. The number of benzene rings is 2. The molecule has 0 aliphatic heterocycles. The average Bonchev–Trinajstić information content (AvgIpc) is 2.35. The molecule has 2 N–H and O–H groups in total. The van der Waals surface area contributed by atoms with Gasteiger partial charge in [-0.3, -0.25) is 0 Å². The average molecular weight is 332 g/mol. The van der Waals surface area contributed by atoms with Gasteiger partial charge in [-0.25, -0.2) is 0 Å². The molecule has 0 saturated heterocycles. The second kappa shape index (κ2) is 7.03. The van der Waals surface area contributed by atoms with Crippen LogP contribution >= 0.6 is 12.4 Å². The molecule has 120 valence electrons. The topological polar surface area (TPSA) is 35.2 Å². The van der Waals surface area contributed by atoms with E-state index >= 15 is 0 Å². The fraction of sp³-hybridized carbons (Fsp3) is 0.250. The Kier molecular flexibility index (Phi) is 5.85. The lowest BCUT2D eigenvalue weighted by atomic mass is 9.96. The molecule has 2 aromatic carbocycles. The number of hydrogen-bond donors (Lipinski definition) is 1. The first-order chi connectivity index (χ1) is 9.74. The van der Waals surface area contributed by atoms with Crippen LogP contribution in [0, 0.1) is 13.8 Å². The summed E-state index contributed by atoms with van der Waals surface area (Å²) in [4.78, 5) is 0. The number of rotatable bonds is 3. The second-order valence-corrected chi connectivity index (χ2v) is 5.02. The first-order valence-corrected chi connectivity index (χ1v) is 6.44. The van der Waals surface area contributed by atoms with E-state index in [0.717, 1.165) is 22.3 Å². The van der Waals surface area contributed by atoms with Gasteiger partial charge in [-0.15, -0.1) is 25.6 Å². The monoisotopic (exact) mass is 331 g/mol. The minimum Gasteiger partial charge on any atom is -0.406 e. The minimum atomic E-state index is -4.68. The van der Waals surface area contributed by atoms with Gasteiger partial charge in [-0.2, -0.15) is 0 Å². The summed E-state index contributed by atoms with van der Waals surface area (Å²) in [6, 6.07) is 11.2. The largest absolute Gasteiger partial charge is 0.573 e. The molecule has 6 heteroatoms. The third-order valence-corrected chi connectivity index (χ3v) is 3.08. The van der Waals surface area contributed by atoms with Crippen molar-refractivity contribution in [2.75, 3.05) is 0 Å². The fourth-order valence-corrected chi connectivity index (χ4v) is 2.26. The molecule has 22 heavy (non-hydrogen) atoms. The molecule has 2 rings (SSSR count). The molecule has 0 radical (unpaired) electrons. The Labute approximate surface area is 133 Å². The Morgan fingerprint density at radius 3 is 1.86 bits per heavy atom. The van der Waals surface area contributed by atoms with Gasteiger partial charge in [0.1, 0.15) is 5.75 Å². The third-order valence-electron chi connectivity index (χ3n) is 3.08. The summed E-state index contributed by atoms with van der Waals surface area (Å²) >= 11 is 0. The maximum Gasteiger partial charge on any atom is 0.573 e. The standard InChI is InChI=1S/C16H16F3NO.ClH/c1-10-7-11(2)9-13(8-10)15(20)12-3-5-14(6-4-12)21-16(17,18)19;/h3-9,15H,20H2,1-2H3;1H/t15-;/m1./s1. The van der Waals surface area contributed by atoms with E-state index in [-0.39, 0.29) is 24.2 Å². The maximum absolute atomic E-state index is 12.1. The van der Waals surface area contributed by atoms with Crippen LogP contribution in [0.1, 0.15) is 28.3 Å². The lowest BCUT2D eigenvalue weighted by Gasteiger charge is -2.15. The van der Waals surface area contributed by atoms with Crippen LogP contribution < -0.4 is 10.5 Å². The molecule has 0 amide bonds. The van der Waals surface area contributed by atoms with Crippen molar-refractivity contribution in [3.05, 3.63) is 64.7 Å². The van der Waals surface area contributed by atoms with Crippen molar-refractivity contribution >= 4 is 12.4 Å². The van der Waals surface area contributed by atoms with Gasteiger partial charge in [0.15, 0.2) is 0 Å². The van der Waals surface area contributed by atoms with Gasteiger partial charge in [0.25, 0.3) is 0 Å². The molecule has 2 aromatic rings. The second-order valence-electron chi connectivity index (χ2n) is 5.02. The van der Waals surface area contributed by atoms with Crippen LogP contribution in [0.2, 0.25) is 0 Å². The number of aryl methyl sites for hydroxylation is 2. The number of hydrogen-bond acceptors (Lipinski definition) is 2. The van der Waals surface area contributed by atoms with Crippen molar-refractivity contribution < 1.29 is 17.9 Å². The highest BCUT2D eigenvalue weighted by molar-refractivity contribution is 5.85. The quantitative estimate of drug-likeness (QED) is 0.887. The van der Waals surface area contributed by atoms with Crippen molar-refractivity contribution in [1.82, 2.24) is 0 Å². The molecular formula is C16H17ClF3NO. The highest BCUT2D eigenvalue weighted by atomic mass is 35.5. The predicted octanol–water partition coefficient (Wildman–Crippen LogP) is 4.67. The highest BCUT2D eigenvalue weighted by Crippen LogP contribution is 2.26. The molecule has 0 unspecified atom stereocenters. The summed E-state index contributed by atoms with van der Waals surface area (Å²) in [6.45, 7) is 3.95. The Morgan fingerprint density at radius 2 is 1.41 bits per heavy atom. The van der Waals surface area contributed by atoms with Crippen molar-refractivity contribution in [2.45, 2.75) is 26.3 Å². The number of nitrogens with two attached hydrogens (primary N) is 1. The number of ether oxygens (including phenoxy) is 1. The van der Waals surface area contributed by atoms with Crippen LogP contribution in [-0.2, 0) is 0 Å². The van der Waals surface area contributed by atoms with Crippen LogP contribution in [0.4, 0.5) is 13.2 Å². The fourth-order valence-electron chi connectivity index (χ4n) is 2.26. The summed E-state index contributed by atoms with van der Waals surface area (Å²) < 4.78 is 40.2. The van der Waals surface area contributed by atoms with Crippen molar-refractivity contribution in [3.8, 4) is 5.75 Å². The Bertz CT molecular complexity index is 606. The molecule has 2 nitrogen and oxygen atoms in total. The molecule has 0 aliphatic carbocycles. The lowest BCUT2D eigenvalue weighted by Crippen LogP contribution is -2.17. The molecule has 0 spiro atoms. The summed E-state index contributed by atoms with van der Waals surface area (Å²) in [5.74, 6) is -0.251. The maximum atomic E-state index is 12.1. The van der Waals surface area contributed by atoms with Crippen LogP contribution in [0.25, 0.3) is 0 Å². The van der Waals surface area contributed by atoms with E-state index in [9.17, 15) is 13.2 Å². The van der Waals surface area contributed by atoms with Gasteiger partial charge < -0.3 is 10.5 Å². The van der Waals surface area contributed by atoms with E-state index in [1.807, 2.05) is 32.0 Å². The number of halogens is 4. The zero-order chi connectivity index (χ0) is 15.6. The first-order valence-electron chi connectivity index (χ1n) is 6.44. The molecule has 0 fully saturated rings. The van der Waals surface area contributed by atoms with Crippen molar-refractivity contribution in [3.63, 3.8) is 0 Å². The van der Waals surface area contributed by atoms with Gasteiger partial charge in [0.2, 0.25) is 0 Å². The Balaban J connectivity index is 0.00000242. The van der Waals surface area contributed by atoms with Gasteiger partial charge in [-0.05, 0) is 37.1 Å². The van der Waals surface area contributed by atoms with Gasteiger partial charge in [0.05, 0.1) is 6.04 Å². The zero-order valence-corrected chi connectivity index (χ0v) is 13.0. The summed E-state index contributed by atoms with van der Waals surface area (Å²) in [5, 5.41) is 0. The van der Waals surface area contributed by atoms with Crippen LogP contribution in [0.3, 0.4) is 0 Å². The molecule has 0 aliphatic rings. The SMILES string of the molecule is Cc1cc(C)cc([C@H](N)c2ccc(OC(F)(F)F)cc2)c1.Cl. The van der Waals surface area contributed by atoms with E-state index < -0.39 is 6.36 Å². The first kappa shape index (κ1) is 18.3. The van der Waals surface area contributed by atoms with E-state index in [0.29, 0.717) is 0 Å². The van der Waals surface area contributed by atoms with Crippen molar-refractivity contribution in [1.29, 1.82) is 0 Å². The summed E-state index contributed by atoms with van der Waals surface area (Å²) in [7, 11) is 0. The summed E-state index contributed by atoms with van der Waals surface area (Å²) in [6.07, 6.45) is -4.68. The van der Waals surface area contributed by atoms with E-state index in [2.05, 4.69) is 4.74 Å². The molecule has 0 bridgehead atoms. The van der Waals surface area contributed by atoms with Gasteiger partial charge >= 0.3 is 6.36 Å². The molecular weight excluding hydrogens is 315 g/mol. The van der Waals surface area contributed by atoms with Crippen LogP contribution in [-0.4, -0.2) is 6.36 Å². The highest BCUT2D eigenvalue weighted by Gasteiger charge is 2.31. The molecule has 1 atom stereocenters. The van der Waals surface area contributed by atoms with Crippen molar-refractivity contribution in [2.24, 2.45) is 5.73 Å². The summed E-state index contributed by atoms with van der Waals surface area (Å²) in [5.41, 5.74) is 10.0. The molecule has 0 saturated carbocycles. The third kappa shape index (κ3) is 4.93. The van der Waals surface area contributed by atoms with E-state index in [4.69, 9.17) is 5.73 Å². The molecule has 0 heterocycles. The Hall–Kier alpha value is -1.72. The normalized spacial score (nSPS) is 12.5. The van der Waals surface area contributed by atoms with E-state index in [1.165, 1.54) is 12.1 Å². The smallest absolute Gasteiger partial charge is 0.406 e. The number of alkyl halides is 3. The van der Waals surface area contributed by atoms with Crippen LogP contribution in [0.15, 0.2) is 42.5 Å². The zero-order valence-electron chi connectivity index (χ0n) is 12.1. The van der Waals surface area contributed by atoms with Gasteiger partial charge in [0, 0.05) is 0 Å². The van der Waals surface area contributed by atoms with Gasteiger partial charge in [-0.1, -0.05) is 41.5 Å². The lowest BCUT2D eigenvalue weighted by molar-refractivity contribution is -0.274. The predicted molar refractivity (Wildman–Crippen MR) is 82.3 cm³/mol. The van der Waals surface area contributed by atoms with E-state index in [1.54, 1.807) is 12.1 Å². The minimum absolute atomic E-state index is 0. The van der Waals surface area contributed by atoms with Crippen LogP contribution in [0.5, 0.6) is 5.75 Å². The Morgan fingerprint density at radius 1 is 0.909 bits per heavy atom.